The zero-order chi connectivity index (χ0) is 30.9. The van der Waals surface area contributed by atoms with Crippen LogP contribution >= 0.6 is 0 Å². The summed E-state index contributed by atoms with van der Waals surface area (Å²) in [7, 11) is 0. The van der Waals surface area contributed by atoms with Gasteiger partial charge in [0.1, 0.15) is 0 Å². The summed E-state index contributed by atoms with van der Waals surface area (Å²) in [6.45, 7) is 8.29. The summed E-state index contributed by atoms with van der Waals surface area (Å²) in [5.41, 5.74) is 1.60. The number of nitrogens with zero attached hydrogens (tertiary/aromatic N) is 3. The van der Waals surface area contributed by atoms with Crippen LogP contribution in [0.3, 0.4) is 0 Å². The number of rotatable bonds is 14. The molecule has 0 bridgehead atoms. The summed E-state index contributed by atoms with van der Waals surface area (Å²) in [4.78, 5) is 40.7. The fraction of sp³-hybridized carbons (Fsp3) is 0.394. The highest BCUT2D eigenvalue weighted by atomic mass is 16.6. The first-order chi connectivity index (χ1) is 20.0. The summed E-state index contributed by atoms with van der Waals surface area (Å²) in [6, 6.07) is 13.5. The van der Waals surface area contributed by atoms with Crippen molar-refractivity contribution in [3.05, 3.63) is 105 Å². The number of allylic oxidation sites excluding steroid dienone is 3. The van der Waals surface area contributed by atoms with Crippen molar-refractivity contribution >= 4 is 23.2 Å². The zero-order valence-electron chi connectivity index (χ0n) is 24.8. The van der Waals surface area contributed by atoms with Gasteiger partial charge >= 0.3 is 0 Å². The summed E-state index contributed by atoms with van der Waals surface area (Å²) in [5.74, 6) is -1.57. The number of nitro groups is 1. The molecule has 224 valence electrons. The lowest BCUT2D eigenvalue weighted by Crippen LogP contribution is -2.44. The second kappa shape index (κ2) is 14.7. The first kappa shape index (κ1) is 32.4. The molecule has 2 aromatic carbocycles. The van der Waals surface area contributed by atoms with E-state index in [-0.39, 0.29) is 43.3 Å². The van der Waals surface area contributed by atoms with E-state index in [9.17, 15) is 29.9 Å². The Hall–Kier alpha value is -4.08. The Bertz CT molecular complexity index is 1360. The quantitative estimate of drug-likeness (QED) is 0.176. The van der Waals surface area contributed by atoms with E-state index >= 15 is 0 Å². The molecule has 2 aromatic rings. The number of fused-ring (bicyclic) bond motifs is 1. The molecule has 2 amide bonds. The Balaban J connectivity index is 1.81. The van der Waals surface area contributed by atoms with Gasteiger partial charge in [-0.1, -0.05) is 72.7 Å². The van der Waals surface area contributed by atoms with E-state index < -0.39 is 22.3 Å². The van der Waals surface area contributed by atoms with Crippen LogP contribution in [0.15, 0.2) is 84.0 Å². The number of aliphatic hydroxyl groups is 2. The molecule has 0 saturated heterocycles. The topological polar surface area (TPSA) is 124 Å². The van der Waals surface area contributed by atoms with Gasteiger partial charge in [-0.05, 0) is 45.2 Å². The predicted octanol–water partition coefficient (Wildman–Crippen LogP) is 5.43. The second-order valence-electron chi connectivity index (χ2n) is 11.0. The van der Waals surface area contributed by atoms with Crippen molar-refractivity contribution in [1.82, 2.24) is 4.90 Å². The van der Waals surface area contributed by atoms with Crippen LogP contribution in [0, 0.1) is 16.0 Å². The van der Waals surface area contributed by atoms with Crippen LogP contribution in [-0.2, 0) is 21.7 Å². The third kappa shape index (κ3) is 7.80. The van der Waals surface area contributed by atoms with Crippen LogP contribution in [0.1, 0.15) is 58.1 Å². The van der Waals surface area contributed by atoms with E-state index in [1.54, 1.807) is 24.0 Å². The highest BCUT2D eigenvalue weighted by molar-refractivity contribution is 6.07. The lowest BCUT2D eigenvalue weighted by molar-refractivity contribution is -0.385. The molecule has 9 heteroatoms. The van der Waals surface area contributed by atoms with E-state index in [1.807, 2.05) is 57.2 Å². The van der Waals surface area contributed by atoms with E-state index in [1.165, 1.54) is 28.7 Å². The standard InChI is InChI=1S/C33H41N3O6/c1-24(2)10-8-11-25(3)18-19-35-30-17-16-28(36(41)42)22-29(30)33(40,32(35)39)26(4)12-9-15-31(38)34(20-21-37)23-27-13-6-5-7-14-27/h5-7,9-10,12-14,16-18,22,26,37,40H,8,11,15,19-21,23H2,1-4H3/b12-9+,25-18+/t26-,33+/m1/s1. The molecule has 0 unspecified atom stereocenters. The van der Waals surface area contributed by atoms with Crippen molar-refractivity contribution in [3.8, 4) is 0 Å². The lowest BCUT2D eigenvalue weighted by atomic mass is 9.82. The number of carbonyl (C=O) groups excluding carboxylic acids is 2. The van der Waals surface area contributed by atoms with Gasteiger partial charge in [-0.2, -0.15) is 0 Å². The monoisotopic (exact) mass is 575 g/mol. The lowest BCUT2D eigenvalue weighted by Gasteiger charge is -2.27. The molecule has 0 aliphatic carbocycles. The van der Waals surface area contributed by atoms with Crippen molar-refractivity contribution < 1.29 is 24.7 Å². The molecular weight excluding hydrogens is 534 g/mol. The third-order valence-electron chi connectivity index (χ3n) is 7.49. The van der Waals surface area contributed by atoms with Crippen molar-refractivity contribution in [2.75, 3.05) is 24.6 Å². The van der Waals surface area contributed by atoms with Gasteiger partial charge in [0.2, 0.25) is 5.91 Å². The van der Waals surface area contributed by atoms with Gasteiger partial charge in [0.15, 0.2) is 5.60 Å². The van der Waals surface area contributed by atoms with Crippen LogP contribution < -0.4 is 4.90 Å². The van der Waals surface area contributed by atoms with Crippen LogP contribution in [0.4, 0.5) is 11.4 Å². The molecule has 0 saturated carbocycles. The number of non-ortho nitro benzene ring substituents is 1. The molecular formula is C33H41N3O6. The molecule has 0 spiro atoms. The molecule has 0 fully saturated rings. The molecule has 9 nitrogen and oxygen atoms in total. The number of anilines is 1. The molecule has 1 heterocycles. The Morgan fingerprint density at radius 3 is 2.50 bits per heavy atom. The normalized spacial score (nSPS) is 17.3. The Kier molecular flexibility index (Phi) is 11.4. The van der Waals surface area contributed by atoms with E-state index in [4.69, 9.17) is 0 Å². The van der Waals surface area contributed by atoms with Gasteiger partial charge in [0, 0.05) is 49.7 Å². The van der Waals surface area contributed by atoms with Crippen molar-refractivity contribution in [1.29, 1.82) is 0 Å². The average Bonchev–Trinajstić information content (AvgIpc) is 3.18. The predicted molar refractivity (Wildman–Crippen MR) is 164 cm³/mol. The summed E-state index contributed by atoms with van der Waals surface area (Å²) in [5, 5.41) is 32.9. The summed E-state index contributed by atoms with van der Waals surface area (Å²) < 4.78 is 0. The van der Waals surface area contributed by atoms with Gasteiger partial charge in [-0.15, -0.1) is 0 Å². The fourth-order valence-electron chi connectivity index (χ4n) is 5.03. The minimum atomic E-state index is -2.04. The van der Waals surface area contributed by atoms with Gasteiger partial charge in [-0.25, -0.2) is 0 Å². The SMILES string of the molecule is CC(C)=CCC/C(C)=C/CN1C(=O)[C@](O)([C@H](C)/C=C/CC(=O)N(CCO)Cc2ccccc2)c2cc([N+](=O)[O-])ccc21. The minimum absolute atomic E-state index is 0.000562. The Morgan fingerprint density at radius 2 is 1.86 bits per heavy atom. The smallest absolute Gasteiger partial charge is 0.269 e. The van der Waals surface area contributed by atoms with Crippen molar-refractivity contribution in [2.24, 2.45) is 5.92 Å². The average molecular weight is 576 g/mol. The molecule has 0 aromatic heterocycles. The first-order valence-corrected chi connectivity index (χ1v) is 14.2. The maximum atomic E-state index is 13.7. The minimum Gasteiger partial charge on any atom is -0.395 e. The van der Waals surface area contributed by atoms with Gasteiger partial charge in [0.25, 0.3) is 11.6 Å². The molecule has 2 N–H and O–H groups in total. The third-order valence-corrected chi connectivity index (χ3v) is 7.49. The van der Waals surface area contributed by atoms with Crippen LogP contribution in [0.5, 0.6) is 0 Å². The maximum absolute atomic E-state index is 13.7. The summed E-state index contributed by atoms with van der Waals surface area (Å²) in [6.07, 6.45) is 9.00. The number of aliphatic hydroxyl groups excluding tert-OH is 1. The summed E-state index contributed by atoms with van der Waals surface area (Å²) >= 11 is 0. The number of amides is 2. The van der Waals surface area contributed by atoms with Crippen LogP contribution in [-0.4, -0.2) is 51.5 Å². The van der Waals surface area contributed by atoms with Crippen LogP contribution in [0.25, 0.3) is 0 Å². The molecule has 3 rings (SSSR count). The number of nitro benzene ring substituents is 1. The fourth-order valence-corrected chi connectivity index (χ4v) is 5.03. The highest BCUT2D eigenvalue weighted by Crippen LogP contribution is 2.46. The van der Waals surface area contributed by atoms with E-state index in [0.29, 0.717) is 12.2 Å². The molecule has 1 aliphatic heterocycles. The molecule has 2 atom stereocenters. The number of hydrogen-bond acceptors (Lipinski definition) is 6. The molecule has 0 radical (unpaired) electrons. The van der Waals surface area contributed by atoms with Gasteiger partial charge in [0.05, 0.1) is 17.2 Å². The van der Waals surface area contributed by atoms with Crippen molar-refractivity contribution in [2.45, 2.75) is 59.1 Å². The largest absolute Gasteiger partial charge is 0.395 e. The Labute approximate surface area is 247 Å². The molecule has 42 heavy (non-hydrogen) atoms. The number of carbonyl (C=O) groups is 2. The first-order valence-electron chi connectivity index (χ1n) is 14.2. The van der Waals surface area contributed by atoms with Crippen molar-refractivity contribution in [3.63, 3.8) is 0 Å². The van der Waals surface area contributed by atoms with E-state index in [0.717, 1.165) is 24.0 Å². The van der Waals surface area contributed by atoms with Crippen LogP contribution in [0.2, 0.25) is 0 Å². The van der Waals surface area contributed by atoms with Gasteiger partial charge in [-0.3, -0.25) is 19.7 Å². The zero-order valence-corrected chi connectivity index (χ0v) is 24.8. The Morgan fingerprint density at radius 1 is 1.14 bits per heavy atom. The van der Waals surface area contributed by atoms with Gasteiger partial charge < -0.3 is 20.0 Å². The maximum Gasteiger partial charge on any atom is 0.269 e. The number of hydrogen-bond donors (Lipinski definition) is 2. The number of benzene rings is 2. The second-order valence-corrected chi connectivity index (χ2v) is 11.0. The van der Waals surface area contributed by atoms with E-state index in [2.05, 4.69) is 6.08 Å². The molecule has 1 aliphatic rings. The highest BCUT2D eigenvalue weighted by Gasteiger charge is 2.52.